The van der Waals surface area contributed by atoms with E-state index in [1.807, 2.05) is 24.3 Å². The van der Waals surface area contributed by atoms with E-state index in [1.165, 1.54) is 4.31 Å². The van der Waals surface area contributed by atoms with Crippen molar-refractivity contribution in [2.24, 2.45) is 5.92 Å². The highest BCUT2D eigenvalue weighted by Crippen LogP contribution is 2.29. The molecule has 180 valence electrons. The van der Waals surface area contributed by atoms with Gasteiger partial charge < -0.3 is 19.3 Å². The number of carbonyl (C=O) groups excluding carboxylic acids is 1. The first-order chi connectivity index (χ1) is 15.9. The first-order valence-corrected chi connectivity index (χ1v) is 12.4. The molecule has 2 heterocycles. The van der Waals surface area contributed by atoms with Crippen LogP contribution in [0.15, 0.2) is 33.7 Å². The third kappa shape index (κ3) is 6.21. The molecular formula is C23H31N3O6S. The van der Waals surface area contributed by atoms with Crippen LogP contribution >= 0.6 is 0 Å². The maximum absolute atomic E-state index is 13.4. The van der Waals surface area contributed by atoms with E-state index in [0.29, 0.717) is 31.7 Å². The van der Waals surface area contributed by atoms with Crippen LogP contribution in [-0.2, 0) is 19.6 Å². The summed E-state index contributed by atoms with van der Waals surface area (Å²) in [5.74, 6) is 0.684. The zero-order valence-electron chi connectivity index (χ0n) is 19.2. The molecule has 0 radical (unpaired) electrons. The van der Waals surface area contributed by atoms with Crippen molar-refractivity contribution < 1.29 is 27.2 Å². The number of amides is 1. The van der Waals surface area contributed by atoms with Crippen LogP contribution < -0.4 is 10.1 Å². The molecule has 10 heteroatoms. The molecule has 1 amide bonds. The van der Waals surface area contributed by atoms with Crippen LogP contribution in [0.4, 0.5) is 0 Å². The highest BCUT2D eigenvalue weighted by molar-refractivity contribution is 7.89. The molecule has 33 heavy (non-hydrogen) atoms. The smallest absolute Gasteiger partial charge is 0.248 e. The lowest BCUT2D eigenvalue weighted by Gasteiger charge is -2.30. The van der Waals surface area contributed by atoms with Crippen LogP contribution in [-0.4, -0.2) is 64.2 Å². The molecule has 0 saturated carbocycles. The molecule has 0 aliphatic carbocycles. The molecule has 0 atom stereocenters. The number of ether oxygens (including phenoxy) is 2. The molecule has 1 saturated heterocycles. The number of nitrogens with zero attached hydrogens (tertiary/aromatic N) is 2. The van der Waals surface area contributed by atoms with Gasteiger partial charge >= 0.3 is 0 Å². The van der Waals surface area contributed by atoms with Gasteiger partial charge in [-0.15, -0.1) is 0 Å². The number of nitrogens with one attached hydrogen (secondary N) is 1. The molecule has 1 aliphatic heterocycles. The first-order valence-electron chi connectivity index (χ1n) is 10.9. The standard InChI is InChI=1S/C23H31N3O6S/c1-17-22(21(32-25-17)10-7-18-5-8-20(31-3)9-6-18)33(28,29)26-14-11-19(12-15-26)23(27)24-13-4-16-30-2/h5-10,19H,4,11-16H2,1-3H3,(H,24,27). The molecule has 1 aromatic heterocycles. The van der Waals surface area contributed by atoms with Crippen LogP contribution in [0.2, 0.25) is 0 Å². The highest BCUT2D eigenvalue weighted by atomic mass is 32.2. The number of benzene rings is 1. The van der Waals surface area contributed by atoms with Gasteiger partial charge in [-0.3, -0.25) is 4.79 Å². The quantitative estimate of drug-likeness (QED) is 0.524. The van der Waals surface area contributed by atoms with E-state index in [9.17, 15) is 13.2 Å². The average molecular weight is 478 g/mol. The van der Waals surface area contributed by atoms with E-state index >= 15 is 0 Å². The fourth-order valence-corrected chi connectivity index (χ4v) is 5.47. The van der Waals surface area contributed by atoms with Crippen molar-refractivity contribution in [2.75, 3.05) is 40.5 Å². The second-order valence-corrected chi connectivity index (χ2v) is 9.76. The fourth-order valence-electron chi connectivity index (χ4n) is 3.75. The number of aryl methyl sites for hydroxylation is 1. The zero-order valence-corrected chi connectivity index (χ0v) is 20.1. The Balaban J connectivity index is 1.66. The number of sulfonamides is 1. The molecule has 0 bridgehead atoms. The number of hydrogen-bond donors (Lipinski definition) is 1. The molecular weight excluding hydrogens is 446 g/mol. The number of piperidine rings is 1. The van der Waals surface area contributed by atoms with E-state index in [0.717, 1.165) is 17.7 Å². The second-order valence-electron chi connectivity index (χ2n) is 7.88. The number of hydrogen-bond acceptors (Lipinski definition) is 7. The summed E-state index contributed by atoms with van der Waals surface area (Å²) < 4.78 is 43.6. The SMILES string of the molecule is COCCCNC(=O)C1CCN(S(=O)(=O)c2c(C)noc2C=Cc2ccc(OC)cc2)CC1. The van der Waals surface area contributed by atoms with Crippen LogP contribution in [0.25, 0.3) is 12.2 Å². The van der Waals surface area contributed by atoms with Crippen molar-refractivity contribution in [1.82, 2.24) is 14.8 Å². The van der Waals surface area contributed by atoms with Gasteiger partial charge in [-0.05, 0) is 50.0 Å². The average Bonchev–Trinajstić information content (AvgIpc) is 3.21. The molecule has 0 spiro atoms. The lowest BCUT2D eigenvalue weighted by molar-refractivity contribution is -0.126. The van der Waals surface area contributed by atoms with E-state index in [-0.39, 0.29) is 35.6 Å². The van der Waals surface area contributed by atoms with E-state index in [2.05, 4.69) is 10.5 Å². The van der Waals surface area contributed by atoms with Crippen molar-refractivity contribution in [3.63, 3.8) is 0 Å². The van der Waals surface area contributed by atoms with Crippen LogP contribution in [0.3, 0.4) is 0 Å². The van der Waals surface area contributed by atoms with Gasteiger partial charge in [-0.2, -0.15) is 4.31 Å². The Morgan fingerprint density at radius 2 is 1.91 bits per heavy atom. The Labute approximate surface area is 194 Å². The molecule has 1 aliphatic rings. The summed E-state index contributed by atoms with van der Waals surface area (Å²) in [5.41, 5.74) is 1.17. The first kappa shape index (κ1) is 24.9. The summed E-state index contributed by atoms with van der Waals surface area (Å²) in [7, 11) is -0.596. The zero-order chi connectivity index (χ0) is 23.8. The Morgan fingerprint density at radius 3 is 2.55 bits per heavy atom. The van der Waals surface area contributed by atoms with Gasteiger partial charge in [0.2, 0.25) is 15.9 Å². The minimum atomic E-state index is -3.81. The molecule has 1 aromatic carbocycles. The van der Waals surface area contributed by atoms with Gasteiger partial charge in [0.25, 0.3) is 0 Å². The molecule has 9 nitrogen and oxygen atoms in total. The third-order valence-electron chi connectivity index (χ3n) is 5.62. The van der Waals surface area contributed by atoms with Crippen molar-refractivity contribution in [3.8, 4) is 5.75 Å². The normalized spacial score (nSPS) is 15.7. The van der Waals surface area contributed by atoms with Crippen LogP contribution in [0.1, 0.15) is 36.3 Å². The van der Waals surface area contributed by atoms with Gasteiger partial charge in [-0.25, -0.2) is 8.42 Å². The van der Waals surface area contributed by atoms with E-state index < -0.39 is 10.0 Å². The summed E-state index contributed by atoms with van der Waals surface area (Å²) >= 11 is 0. The maximum Gasteiger partial charge on any atom is 0.248 e. The van der Waals surface area contributed by atoms with Gasteiger partial charge in [0, 0.05) is 39.3 Å². The predicted octanol–water partition coefficient (Wildman–Crippen LogP) is 2.72. The summed E-state index contributed by atoms with van der Waals surface area (Å²) in [6, 6.07) is 7.36. The van der Waals surface area contributed by atoms with Crippen molar-refractivity contribution >= 4 is 28.1 Å². The minimum Gasteiger partial charge on any atom is -0.497 e. The molecule has 1 fully saturated rings. The largest absolute Gasteiger partial charge is 0.497 e. The molecule has 2 aromatic rings. The maximum atomic E-state index is 13.4. The van der Waals surface area contributed by atoms with Crippen molar-refractivity contribution in [3.05, 3.63) is 41.3 Å². The van der Waals surface area contributed by atoms with Gasteiger partial charge in [0.1, 0.15) is 11.4 Å². The number of methoxy groups -OCH3 is 2. The molecule has 1 N–H and O–H groups in total. The summed E-state index contributed by atoms with van der Waals surface area (Å²) in [5, 5.41) is 6.78. The fraction of sp³-hybridized carbons (Fsp3) is 0.478. The number of aromatic nitrogens is 1. The predicted molar refractivity (Wildman–Crippen MR) is 124 cm³/mol. The lowest BCUT2D eigenvalue weighted by atomic mass is 9.97. The Bertz CT molecular complexity index is 1050. The monoisotopic (exact) mass is 477 g/mol. The third-order valence-corrected chi connectivity index (χ3v) is 7.68. The van der Waals surface area contributed by atoms with Crippen LogP contribution in [0.5, 0.6) is 5.75 Å². The summed E-state index contributed by atoms with van der Waals surface area (Å²) in [4.78, 5) is 12.4. The van der Waals surface area contributed by atoms with Crippen molar-refractivity contribution in [2.45, 2.75) is 31.1 Å². The second kappa shape index (κ2) is 11.4. The summed E-state index contributed by atoms with van der Waals surface area (Å²) in [6.45, 7) is 3.29. The highest BCUT2D eigenvalue weighted by Gasteiger charge is 2.35. The van der Waals surface area contributed by atoms with Gasteiger partial charge in [0.05, 0.1) is 7.11 Å². The topological polar surface area (TPSA) is 111 Å². The lowest BCUT2D eigenvalue weighted by Crippen LogP contribution is -2.43. The van der Waals surface area contributed by atoms with Crippen LogP contribution in [0, 0.1) is 12.8 Å². The Kier molecular flexibility index (Phi) is 8.65. The van der Waals surface area contributed by atoms with Gasteiger partial charge in [-0.1, -0.05) is 23.4 Å². The number of carbonyl (C=O) groups is 1. The van der Waals surface area contributed by atoms with E-state index in [4.69, 9.17) is 14.0 Å². The molecule has 0 unspecified atom stereocenters. The minimum absolute atomic E-state index is 0.0348. The Hall–Kier alpha value is -2.69. The van der Waals surface area contributed by atoms with Crippen molar-refractivity contribution in [1.29, 1.82) is 0 Å². The number of rotatable bonds is 10. The summed E-state index contributed by atoms with van der Waals surface area (Å²) in [6.07, 6.45) is 5.05. The van der Waals surface area contributed by atoms with E-state index in [1.54, 1.807) is 33.3 Å². The Morgan fingerprint density at radius 1 is 1.21 bits per heavy atom. The van der Waals surface area contributed by atoms with Gasteiger partial charge in [0.15, 0.2) is 10.7 Å². The molecule has 3 rings (SSSR count).